The minimum atomic E-state index is -0.839. The molecule has 2 aromatic carbocycles. The Morgan fingerprint density at radius 3 is 2.60 bits per heavy atom. The highest BCUT2D eigenvalue weighted by Gasteiger charge is 2.47. The number of halogens is 1. The molecule has 0 unspecified atom stereocenters. The van der Waals surface area contributed by atoms with E-state index in [2.05, 4.69) is 5.32 Å². The van der Waals surface area contributed by atoms with Crippen molar-refractivity contribution in [3.63, 3.8) is 0 Å². The first-order chi connectivity index (χ1) is 12.0. The van der Waals surface area contributed by atoms with Crippen molar-refractivity contribution < 1.29 is 9.59 Å². The van der Waals surface area contributed by atoms with Crippen molar-refractivity contribution in [1.82, 2.24) is 10.2 Å². The Morgan fingerprint density at radius 1 is 1.16 bits per heavy atom. The standard InChI is InChI=1S/C20H21ClN2O2/c1-20(19(25)22-13-15-6-3-2-4-7-15)11-10-18(24)23(20)14-16-8-5-9-17(21)12-16/h2-9,12H,10-11,13-14H2,1H3,(H,22,25)/t20-/m1/s1. The summed E-state index contributed by atoms with van der Waals surface area (Å²) in [4.78, 5) is 26.9. The second-order valence-corrected chi connectivity index (χ2v) is 6.99. The van der Waals surface area contributed by atoms with Gasteiger partial charge in [-0.15, -0.1) is 0 Å². The number of likely N-dealkylation sites (tertiary alicyclic amines) is 1. The van der Waals surface area contributed by atoms with Gasteiger partial charge in [0.2, 0.25) is 11.8 Å². The van der Waals surface area contributed by atoms with Gasteiger partial charge >= 0.3 is 0 Å². The monoisotopic (exact) mass is 356 g/mol. The molecule has 1 N–H and O–H groups in total. The number of amides is 2. The Balaban J connectivity index is 1.73. The van der Waals surface area contributed by atoms with Gasteiger partial charge in [-0.1, -0.05) is 54.1 Å². The number of rotatable bonds is 5. The zero-order chi connectivity index (χ0) is 17.9. The number of carbonyl (C=O) groups excluding carboxylic acids is 2. The molecule has 0 radical (unpaired) electrons. The molecule has 130 valence electrons. The number of carbonyl (C=O) groups is 2. The molecule has 1 fully saturated rings. The van der Waals surface area contributed by atoms with E-state index in [-0.39, 0.29) is 11.8 Å². The minimum Gasteiger partial charge on any atom is -0.350 e. The third-order valence-corrected chi connectivity index (χ3v) is 4.97. The number of nitrogens with one attached hydrogen (secondary N) is 1. The SMILES string of the molecule is C[C@]1(C(=O)NCc2ccccc2)CCC(=O)N1Cc1cccc(Cl)c1. The quantitative estimate of drug-likeness (QED) is 0.890. The van der Waals surface area contributed by atoms with Gasteiger partial charge in [-0.2, -0.15) is 0 Å². The molecule has 0 aliphatic carbocycles. The molecular formula is C20H21ClN2O2. The summed E-state index contributed by atoms with van der Waals surface area (Å²) < 4.78 is 0. The van der Waals surface area contributed by atoms with Crippen molar-refractivity contribution in [2.75, 3.05) is 0 Å². The van der Waals surface area contributed by atoms with Crippen LogP contribution in [0, 0.1) is 0 Å². The predicted molar refractivity (Wildman–Crippen MR) is 97.9 cm³/mol. The van der Waals surface area contributed by atoms with Gasteiger partial charge < -0.3 is 10.2 Å². The highest BCUT2D eigenvalue weighted by molar-refractivity contribution is 6.30. The first-order valence-electron chi connectivity index (χ1n) is 8.36. The van der Waals surface area contributed by atoms with Crippen molar-refractivity contribution >= 4 is 23.4 Å². The second kappa shape index (κ2) is 7.28. The maximum absolute atomic E-state index is 12.8. The Morgan fingerprint density at radius 2 is 1.88 bits per heavy atom. The molecule has 0 spiro atoms. The zero-order valence-corrected chi connectivity index (χ0v) is 14.9. The summed E-state index contributed by atoms with van der Waals surface area (Å²) in [5, 5.41) is 3.59. The molecule has 1 aliphatic heterocycles. The lowest BCUT2D eigenvalue weighted by molar-refractivity contribution is -0.141. The van der Waals surface area contributed by atoms with E-state index >= 15 is 0 Å². The maximum atomic E-state index is 12.8. The van der Waals surface area contributed by atoms with E-state index in [1.165, 1.54) is 0 Å². The van der Waals surface area contributed by atoms with Gasteiger partial charge in [0.25, 0.3) is 0 Å². The molecule has 1 atom stereocenters. The van der Waals surface area contributed by atoms with Crippen LogP contribution >= 0.6 is 11.6 Å². The molecule has 25 heavy (non-hydrogen) atoms. The zero-order valence-electron chi connectivity index (χ0n) is 14.2. The minimum absolute atomic E-state index is 0.00247. The van der Waals surface area contributed by atoms with Gasteiger partial charge in [-0.25, -0.2) is 0 Å². The van der Waals surface area contributed by atoms with Gasteiger partial charge in [0.15, 0.2) is 0 Å². The lowest BCUT2D eigenvalue weighted by atomic mass is 9.97. The lowest BCUT2D eigenvalue weighted by Gasteiger charge is -2.34. The number of hydrogen-bond acceptors (Lipinski definition) is 2. The third-order valence-electron chi connectivity index (χ3n) is 4.74. The molecule has 0 bridgehead atoms. The topological polar surface area (TPSA) is 49.4 Å². The first-order valence-corrected chi connectivity index (χ1v) is 8.74. The van der Waals surface area contributed by atoms with Crippen molar-refractivity contribution in [3.8, 4) is 0 Å². The van der Waals surface area contributed by atoms with Crippen LogP contribution in [-0.2, 0) is 22.7 Å². The smallest absolute Gasteiger partial charge is 0.245 e. The van der Waals surface area contributed by atoms with E-state index in [1.807, 2.05) is 55.5 Å². The Hall–Kier alpha value is -2.33. The first kappa shape index (κ1) is 17.5. The van der Waals surface area contributed by atoms with Crippen LogP contribution in [-0.4, -0.2) is 22.3 Å². The fourth-order valence-corrected chi connectivity index (χ4v) is 3.39. The predicted octanol–water partition coefficient (Wildman–Crippen LogP) is 3.54. The van der Waals surface area contributed by atoms with Gasteiger partial charge in [-0.05, 0) is 36.6 Å². The molecule has 1 heterocycles. The Bertz CT molecular complexity index is 778. The van der Waals surface area contributed by atoms with E-state index in [1.54, 1.807) is 11.0 Å². The van der Waals surface area contributed by atoms with Crippen LogP contribution in [0.2, 0.25) is 5.02 Å². The molecule has 4 nitrogen and oxygen atoms in total. The normalized spacial score (nSPS) is 19.9. The molecule has 2 amide bonds. The summed E-state index contributed by atoms with van der Waals surface area (Å²) in [5.74, 6) is -0.124. The molecule has 0 saturated carbocycles. The Kier molecular flexibility index (Phi) is 5.09. The van der Waals surface area contributed by atoms with Crippen LogP contribution < -0.4 is 5.32 Å². The van der Waals surface area contributed by atoms with E-state index in [4.69, 9.17) is 11.6 Å². The van der Waals surface area contributed by atoms with Crippen LogP contribution in [0.4, 0.5) is 0 Å². The summed E-state index contributed by atoms with van der Waals surface area (Å²) >= 11 is 6.04. The van der Waals surface area contributed by atoms with Crippen LogP contribution in [0.25, 0.3) is 0 Å². The van der Waals surface area contributed by atoms with Crippen molar-refractivity contribution in [2.24, 2.45) is 0 Å². The largest absolute Gasteiger partial charge is 0.350 e. The number of benzene rings is 2. The number of hydrogen-bond donors (Lipinski definition) is 1. The van der Waals surface area contributed by atoms with Gasteiger partial charge in [0, 0.05) is 24.5 Å². The summed E-state index contributed by atoms with van der Waals surface area (Å²) in [7, 11) is 0. The van der Waals surface area contributed by atoms with E-state index in [0.29, 0.717) is 31.0 Å². The van der Waals surface area contributed by atoms with Gasteiger partial charge in [-0.3, -0.25) is 9.59 Å². The highest BCUT2D eigenvalue weighted by Crippen LogP contribution is 2.32. The lowest BCUT2D eigenvalue weighted by Crippen LogP contribution is -2.53. The average molecular weight is 357 g/mol. The molecular weight excluding hydrogens is 336 g/mol. The molecule has 5 heteroatoms. The maximum Gasteiger partial charge on any atom is 0.245 e. The summed E-state index contributed by atoms with van der Waals surface area (Å²) in [6, 6.07) is 17.1. The van der Waals surface area contributed by atoms with E-state index in [0.717, 1.165) is 11.1 Å². The fourth-order valence-electron chi connectivity index (χ4n) is 3.18. The van der Waals surface area contributed by atoms with Crippen LogP contribution in [0.5, 0.6) is 0 Å². The van der Waals surface area contributed by atoms with Crippen LogP contribution in [0.15, 0.2) is 54.6 Å². The van der Waals surface area contributed by atoms with E-state index in [9.17, 15) is 9.59 Å². The fraction of sp³-hybridized carbons (Fsp3) is 0.300. The molecule has 2 aromatic rings. The third kappa shape index (κ3) is 3.85. The summed E-state index contributed by atoms with van der Waals surface area (Å²) in [6.45, 7) is 2.67. The van der Waals surface area contributed by atoms with Crippen molar-refractivity contribution in [1.29, 1.82) is 0 Å². The Labute approximate surface area is 152 Å². The van der Waals surface area contributed by atoms with Gasteiger partial charge in [0.1, 0.15) is 5.54 Å². The average Bonchev–Trinajstić information content (AvgIpc) is 2.90. The summed E-state index contributed by atoms with van der Waals surface area (Å²) in [5.41, 5.74) is 1.11. The molecule has 1 aliphatic rings. The van der Waals surface area contributed by atoms with Crippen molar-refractivity contribution in [3.05, 3.63) is 70.7 Å². The van der Waals surface area contributed by atoms with Crippen LogP contribution in [0.1, 0.15) is 30.9 Å². The molecule has 1 saturated heterocycles. The van der Waals surface area contributed by atoms with Crippen molar-refractivity contribution in [2.45, 2.75) is 38.4 Å². The van der Waals surface area contributed by atoms with Gasteiger partial charge in [0.05, 0.1) is 0 Å². The molecule has 0 aromatic heterocycles. The van der Waals surface area contributed by atoms with Crippen LogP contribution in [0.3, 0.4) is 0 Å². The number of nitrogens with zero attached hydrogens (tertiary/aromatic N) is 1. The highest BCUT2D eigenvalue weighted by atomic mass is 35.5. The van der Waals surface area contributed by atoms with E-state index < -0.39 is 5.54 Å². The summed E-state index contributed by atoms with van der Waals surface area (Å²) in [6.07, 6.45) is 0.906. The second-order valence-electron chi connectivity index (χ2n) is 6.55. The molecule has 3 rings (SSSR count).